The Morgan fingerprint density at radius 3 is 1.56 bits per heavy atom. The van der Waals surface area contributed by atoms with Crippen molar-refractivity contribution in [2.24, 2.45) is 0 Å². The standard InChI is InChI=1S/C14H29N3O/c1-13(2)14(18)17(11-7-9-15(3)4)12-8-10-16(5)6/h1,7-12H2,2-6H3. The van der Waals surface area contributed by atoms with Gasteiger partial charge in [-0.3, -0.25) is 4.79 Å². The van der Waals surface area contributed by atoms with Gasteiger partial charge < -0.3 is 14.7 Å². The summed E-state index contributed by atoms with van der Waals surface area (Å²) >= 11 is 0. The van der Waals surface area contributed by atoms with Crippen LogP contribution in [-0.4, -0.2) is 75.0 Å². The van der Waals surface area contributed by atoms with Gasteiger partial charge in [0.15, 0.2) is 0 Å². The molecule has 18 heavy (non-hydrogen) atoms. The Hall–Kier alpha value is -0.870. The van der Waals surface area contributed by atoms with Gasteiger partial charge in [0, 0.05) is 18.7 Å². The maximum Gasteiger partial charge on any atom is 0.248 e. The lowest BCUT2D eigenvalue weighted by Gasteiger charge is -2.24. The first-order valence-electron chi connectivity index (χ1n) is 6.59. The number of hydrogen-bond donors (Lipinski definition) is 0. The van der Waals surface area contributed by atoms with Gasteiger partial charge in [0.05, 0.1) is 0 Å². The van der Waals surface area contributed by atoms with Gasteiger partial charge in [0.2, 0.25) is 5.91 Å². The smallest absolute Gasteiger partial charge is 0.248 e. The first kappa shape index (κ1) is 17.1. The third kappa shape index (κ3) is 8.25. The Morgan fingerprint density at radius 1 is 0.889 bits per heavy atom. The molecule has 0 atom stereocenters. The van der Waals surface area contributed by atoms with E-state index in [9.17, 15) is 4.79 Å². The molecular weight excluding hydrogens is 226 g/mol. The van der Waals surface area contributed by atoms with E-state index < -0.39 is 0 Å². The number of carbonyl (C=O) groups is 1. The monoisotopic (exact) mass is 255 g/mol. The van der Waals surface area contributed by atoms with Crippen molar-refractivity contribution in [2.75, 3.05) is 54.4 Å². The highest BCUT2D eigenvalue weighted by Crippen LogP contribution is 2.02. The summed E-state index contributed by atoms with van der Waals surface area (Å²) in [7, 11) is 8.21. The molecule has 0 spiro atoms. The molecule has 0 fully saturated rings. The van der Waals surface area contributed by atoms with Crippen molar-refractivity contribution >= 4 is 5.91 Å². The maximum atomic E-state index is 12.0. The summed E-state index contributed by atoms with van der Waals surface area (Å²) in [6.07, 6.45) is 2.02. The fraction of sp³-hybridized carbons (Fsp3) is 0.786. The minimum Gasteiger partial charge on any atom is -0.339 e. The van der Waals surface area contributed by atoms with Crippen LogP contribution in [0.5, 0.6) is 0 Å². The summed E-state index contributed by atoms with van der Waals surface area (Å²) in [5.41, 5.74) is 0.629. The minimum absolute atomic E-state index is 0.0903. The van der Waals surface area contributed by atoms with Gasteiger partial charge in [-0.1, -0.05) is 6.58 Å². The van der Waals surface area contributed by atoms with Crippen LogP contribution in [-0.2, 0) is 4.79 Å². The Bertz CT molecular complexity index is 248. The highest BCUT2D eigenvalue weighted by Gasteiger charge is 2.13. The first-order valence-corrected chi connectivity index (χ1v) is 6.59. The van der Waals surface area contributed by atoms with E-state index in [-0.39, 0.29) is 5.91 Å². The molecule has 0 aromatic heterocycles. The normalized spacial score (nSPS) is 11.1. The summed E-state index contributed by atoms with van der Waals surface area (Å²) in [6.45, 7) is 9.18. The summed E-state index contributed by atoms with van der Waals surface area (Å²) < 4.78 is 0. The van der Waals surface area contributed by atoms with E-state index >= 15 is 0 Å². The van der Waals surface area contributed by atoms with Gasteiger partial charge >= 0.3 is 0 Å². The molecule has 0 aliphatic rings. The van der Waals surface area contributed by atoms with Crippen LogP contribution >= 0.6 is 0 Å². The molecule has 0 N–H and O–H groups in total. The molecule has 0 heterocycles. The van der Waals surface area contributed by atoms with Crippen LogP contribution in [0.15, 0.2) is 12.2 Å². The third-order valence-corrected chi connectivity index (χ3v) is 2.72. The van der Waals surface area contributed by atoms with Crippen molar-refractivity contribution in [3.63, 3.8) is 0 Å². The average Bonchev–Trinajstić information content (AvgIpc) is 2.25. The second kappa shape index (κ2) is 9.11. The minimum atomic E-state index is 0.0903. The summed E-state index contributed by atoms with van der Waals surface area (Å²) in [6, 6.07) is 0. The molecule has 0 saturated heterocycles. The number of hydrogen-bond acceptors (Lipinski definition) is 3. The van der Waals surface area contributed by atoms with E-state index in [1.165, 1.54) is 0 Å². The van der Waals surface area contributed by atoms with E-state index in [4.69, 9.17) is 0 Å². The number of carbonyl (C=O) groups excluding carboxylic acids is 1. The molecule has 0 rings (SSSR count). The fourth-order valence-electron chi connectivity index (χ4n) is 1.74. The SMILES string of the molecule is C=C(C)C(=O)N(CCCN(C)C)CCCN(C)C. The van der Waals surface area contributed by atoms with Crippen molar-refractivity contribution < 1.29 is 4.79 Å². The van der Waals surface area contributed by atoms with Crippen LogP contribution in [0, 0.1) is 0 Å². The van der Waals surface area contributed by atoms with Crippen LogP contribution in [0.25, 0.3) is 0 Å². The molecule has 0 aliphatic carbocycles. The average molecular weight is 255 g/mol. The molecule has 0 unspecified atom stereocenters. The topological polar surface area (TPSA) is 26.8 Å². The van der Waals surface area contributed by atoms with Gasteiger partial charge in [-0.05, 0) is 61.0 Å². The van der Waals surface area contributed by atoms with Gasteiger partial charge in [-0.15, -0.1) is 0 Å². The van der Waals surface area contributed by atoms with Gasteiger partial charge in [-0.2, -0.15) is 0 Å². The summed E-state index contributed by atoms with van der Waals surface area (Å²) in [5, 5.41) is 0. The highest BCUT2D eigenvalue weighted by molar-refractivity contribution is 5.92. The summed E-state index contributed by atoms with van der Waals surface area (Å²) in [4.78, 5) is 18.2. The molecule has 4 heteroatoms. The molecule has 0 radical (unpaired) electrons. The summed E-state index contributed by atoms with van der Waals surface area (Å²) in [5.74, 6) is 0.0903. The van der Waals surface area contributed by atoms with Crippen molar-refractivity contribution in [2.45, 2.75) is 19.8 Å². The second-order valence-electron chi connectivity index (χ2n) is 5.39. The van der Waals surface area contributed by atoms with E-state index in [1.54, 1.807) is 6.92 Å². The maximum absolute atomic E-state index is 12.0. The largest absolute Gasteiger partial charge is 0.339 e. The number of rotatable bonds is 9. The first-order chi connectivity index (χ1) is 8.34. The van der Waals surface area contributed by atoms with Crippen molar-refractivity contribution in [3.8, 4) is 0 Å². The molecular formula is C14H29N3O. The van der Waals surface area contributed by atoms with Crippen molar-refractivity contribution in [1.29, 1.82) is 0 Å². The van der Waals surface area contributed by atoms with Crippen molar-refractivity contribution in [3.05, 3.63) is 12.2 Å². The lowest BCUT2D eigenvalue weighted by Crippen LogP contribution is -2.35. The quantitative estimate of drug-likeness (QED) is 0.581. The molecule has 0 aliphatic heterocycles. The van der Waals surface area contributed by atoms with E-state index in [0.29, 0.717) is 5.57 Å². The zero-order valence-electron chi connectivity index (χ0n) is 12.7. The van der Waals surface area contributed by atoms with E-state index in [0.717, 1.165) is 39.0 Å². The van der Waals surface area contributed by atoms with E-state index in [1.807, 2.05) is 4.90 Å². The molecule has 0 saturated carbocycles. The Labute approximate surface area is 112 Å². The Balaban J connectivity index is 4.16. The van der Waals surface area contributed by atoms with Crippen LogP contribution in [0.2, 0.25) is 0 Å². The van der Waals surface area contributed by atoms with E-state index in [2.05, 4.69) is 44.6 Å². The molecule has 1 amide bonds. The highest BCUT2D eigenvalue weighted by atomic mass is 16.2. The molecule has 106 valence electrons. The lowest BCUT2D eigenvalue weighted by molar-refractivity contribution is -0.127. The third-order valence-electron chi connectivity index (χ3n) is 2.72. The number of nitrogens with zero attached hydrogens (tertiary/aromatic N) is 3. The Kier molecular flexibility index (Phi) is 8.67. The molecule has 0 aromatic rings. The van der Waals surface area contributed by atoms with Crippen LogP contribution in [0.1, 0.15) is 19.8 Å². The van der Waals surface area contributed by atoms with Gasteiger partial charge in [0.1, 0.15) is 0 Å². The van der Waals surface area contributed by atoms with Crippen LogP contribution in [0.4, 0.5) is 0 Å². The van der Waals surface area contributed by atoms with Gasteiger partial charge in [0.25, 0.3) is 0 Å². The molecule has 0 aromatic carbocycles. The molecule has 0 bridgehead atoms. The van der Waals surface area contributed by atoms with Crippen LogP contribution < -0.4 is 0 Å². The molecule has 4 nitrogen and oxygen atoms in total. The van der Waals surface area contributed by atoms with Crippen LogP contribution in [0.3, 0.4) is 0 Å². The predicted octanol–water partition coefficient (Wildman–Crippen LogP) is 1.29. The zero-order chi connectivity index (χ0) is 14.1. The predicted molar refractivity (Wildman–Crippen MR) is 77.7 cm³/mol. The Morgan fingerprint density at radius 2 is 1.28 bits per heavy atom. The number of amides is 1. The zero-order valence-corrected chi connectivity index (χ0v) is 12.7. The fourth-order valence-corrected chi connectivity index (χ4v) is 1.74. The second-order valence-corrected chi connectivity index (χ2v) is 5.39. The van der Waals surface area contributed by atoms with Crippen molar-refractivity contribution in [1.82, 2.24) is 14.7 Å². The lowest BCUT2D eigenvalue weighted by atomic mass is 10.2. The van der Waals surface area contributed by atoms with Gasteiger partial charge in [-0.25, -0.2) is 0 Å².